The van der Waals surface area contributed by atoms with E-state index < -0.39 is 5.97 Å². The van der Waals surface area contributed by atoms with Crippen LogP contribution >= 0.6 is 0 Å². The largest absolute Gasteiger partial charge is 2.00 e. The number of aliphatic carboxylic acids is 1. The van der Waals surface area contributed by atoms with Gasteiger partial charge in [-0.2, -0.15) is 0 Å². The third kappa shape index (κ3) is 3.60. The predicted octanol–water partition coefficient (Wildman–Crippen LogP) is 0.680. The molecular formula is C8H17CaNO2. The van der Waals surface area contributed by atoms with E-state index in [1.807, 2.05) is 0 Å². The van der Waals surface area contributed by atoms with Crippen LogP contribution in [0.3, 0.4) is 0 Å². The first-order chi connectivity index (χ1) is 5.24. The Hall–Kier alpha value is 0.690. The Bertz CT molecular complexity index is 152. The summed E-state index contributed by atoms with van der Waals surface area (Å²) in [6.45, 7) is 0.715. The van der Waals surface area contributed by atoms with Crippen molar-refractivity contribution in [3.8, 4) is 0 Å². The van der Waals surface area contributed by atoms with Crippen LogP contribution in [0.5, 0.6) is 0 Å². The van der Waals surface area contributed by atoms with Gasteiger partial charge in [-0.05, 0) is 38.1 Å². The van der Waals surface area contributed by atoms with Crippen LogP contribution in [0.25, 0.3) is 0 Å². The molecule has 1 fully saturated rings. The van der Waals surface area contributed by atoms with Crippen LogP contribution in [-0.4, -0.2) is 55.4 Å². The maximum absolute atomic E-state index is 10.5. The second-order valence-corrected chi connectivity index (χ2v) is 3.29. The normalized spacial score (nSPS) is 29.1. The van der Waals surface area contributed by atoms with Gasteiger partial charge >= 0.3 is 43.7 Å². The topological polar surface area (TPSA) is 63.3 Å². The van der Waals surface area contributed by atoms with Crippen LogP contribution in [-0.2, 0) is 4.79 Å². The van der Waals surface area contributed by atoms with E-state index in [0.717, 1.165) is 25.7 Å². The molecule has 3 N–H and O–H groups in total. The zero-order valence-corrected chi connectivity index (χ0v) is 9.54. The van der Waals surface area contributed by atoms with Gasteiger partial charge in [-0.1, -0.05) is 0 Å². The van der Waals surface area contributed by atoms with E-state index in [1.165, 1.54) is 0 Å². The molecule has 1 rings (SSSR count). The first kappa shape index (κ1) is 12.7. The van der Waals surface area contributed by atoms with Gasteiger partial charge in [0, 0.05) is 0 Å². The average Bonchev–Trinajstić information content (AvgIpc) is 2.05. The smallest absolute Gasteiger partial charge is 1.00 e. The van der Waals surface area contributed by atoms with Crippen molar-refractivity contribution in [3.05, 3.63) is 0 Å². The zero-order valence-electron chi connectivity index (χ0n) is 9.33. The first-order valence-electron chi connectivity index (χ1n) is 4.17. The number of carbonyl (C=O) groups is 1. The summed E-state index contributed by atoms with van der Waals surface area (Å²) in [7, 11) is 0. The summed E-state index contributed by atoms with van der Waals surface area (Å²) in [4.78, 5) is 10.5. The van der Waals surface area contributed by atoms with Crippen LogP contribution < -0.4 is 5.73 Å². The molecule has 0 atom stereocenters. The minimum Gasteiger partial charge on any atom is -1.00 e. The maximum Gasteiger partial charge on any atom is 2.00 e. The van der Waals surface area contributed by atoms with E-state index in [2.05, 4.69) is 0 Å². The minimum atomic E-state index is -0.638. The molecule has 0 aliphatic heterocycles. The van der Waals surface area contributed by atoms with Gasteiger partial charge in [0.1, 0.15) is 0 Å². The van der Waals surface area contributed by atoms with Crippen molar-refractivity contribution in [2.45, 2.75) is 25.7 Å². The molecule has 68 valence electrons. The second-order valence-electron chi connectivity index (χ2n) is 3.29. The van der Waals surface area contributed by atoms with Crippen molar-refractivity contribution in [2.75, 3.05) is 6.54 Å². The zero-order chi connectivity index (χ0) is 8.27. The Labute approximate surface area is 106 Å². The predicted molar refractivity (Wildman–Crippen MR) is 50.1 cm³/mol. The van der Waals surface area contributed by atoms with Crippen molar-refractivity contribution in [3.63, 3.8) is 0 Å². The fourth-order valence-corrected chi connectivity index (χ4v) is 1.65. The number of carboxylic acid groups (broad SMARTS) is 1. The summed E-state index contributed by atoms with van der Waals surface area (Å²) in [5, 5.41) is 8.67. The van der Waals surface area contributed by atoms with Gasteiger partial charge in [-0.3, -0.25) is 4.79 Å². The molecule has 0 aromatic rings. The van der Waals surface area contributed by atoms with E-state index in [0.29, 0.717) is 12.5 Å². The van der Waals surface area contributed by atoms with Gasteiger partial charge < -0.3 is 13.7 Å². The fraction of sp³-hybridized carbons (Fsp3) is 0.875. The monoisotopic (exact) mass is 199 g/mol. The van der Waals surface area contributed by atoms with Gasteiger partial charge in [0.2, 0.25) is 0 Å². The molecule has 0 aromatic carbocycles. The molecule has 12 heavy (non-hydrogen) atoms. The van der Waals surface area contributed by atoms with E-state index in [-0.39, 0.29) is 46.5 Å². The third-order valence-electron chi connectivity index (χ3n) is 2.53. The number of nitrogens with two attached hydrogens (primary N) is 1. The maximum atomic E-state index is 10.5. The number of hydrogen-bond acceptors (Lipinski definition) is 2. The summed E-state index contributed by atoms with van der Waals surface area (Å²) >= 11 is 0. The third-order valence-corrected chi connectivity index (χ3v) is 2.53. The standard InChI is InChI=1S/C8H15NO2.Ca.2H/c9-5-6-1-3-7(4-2-6)8(10)11;;;/h6-7H,1-5,9H2,(H,10,11);;;/q;+2;2*-1. The summed E-state index contributed by atoms with van der Waals surface area (Å²) < 4.78 is 0. The molecule has 0 unspecified atom stereocenters. The van der Waals surface area contributed by atoms with Gasteiger partial charge in [-0.25, -0.2) is 0 Å². The molecule has 1 saturated carbocycles. The number of carboxylic acids is 1. The average molecular weight is 199 g/mol. The molecule has 0 heterocycles. The Kier molecular flexibility index (Phi) is 6.55. The van der Waals surface area contributed by atoms with Crippen molar-refractivity contribution in [1.82, 2.24) is 0 Å². The van der Waals surface area contributed by atoms with Gasteiger partial charge in [-0.15, -0.1) is 0 Å². The van der Waals surface area contributed by atoms with E-state index in [4.69, 9.17) is 10.8 Å². The Morgan fingerprint density at radius 3 is 2.25 bits per heavy atom. The molecule has 0 aromatic heterocycles. The minimum absolute atomic E-state index is 0. The molecule has 3 nitrogen and oxygen atoms in total. The van der Waals surface area contributed by atoms with Crippen LogP contribution in [0.4, 0.5) is 0 Å². The van der Waals surface area contributed by atoms with Crippen molar-refractivity contribution in [2.24, 2.45) is 17.6 Å². The molecule has 0 saturated heterocycles. The summed E-state index contributed by atoms with van der Waals surface area (Å²) in [5.74, 6) is -0.163. The first-order valence-corrected chi connectivity index (χ1v) is 4.17. The van der Waals surface area contributed by atoms with Crippen LogP contribution in [0.2, 0.25) is 0 Å². The van der Waals surface area contributed by atoms with Crippen LogP contribution in [0, 0.1) is 11.8 Å². The summed E-state index contributed by atoms with van der Waals surface area (Å²) in [6.07, 6.45) is 3.62. The van der Waals surface area contributed by atoms with Crippen molar-refractivity contribution in [1.29, 1.82) is 0 Å². The van der Waals surface area contributed by atoms with E-state index in [1.54, 1.807) is 0 Å². The Balaban J connectivity index is -0.000000403. The Morgan fingerprint density at radius 1 is 1.42 bits per heavy atom. The SMILES string of the molecule is NCC1CCC(C(=O)O)CC1.[Ca+2].[H-].[H-]. The molecule has 0 spiro atoms. The van der Waals surface area contributed by atoms with Crippen molar-refractivity contribution >= 4 is 43.7 Å². The number of rotatable bonds is 2. The van der Waals surface area contributed by atoms with Crippen molar-refractivity contribution < 1.29 is 12.8 Å². The number of hydrogen-bond donors (Lipinski definition) is 2. The van der Waals surface area contributed by atoms with E-state index in [9.17, 15) is 4.79 Å². The van der Waals surface area contributed by atoms with Gasteiger partial charge in [0.15, 0.2) is 0 Å². The van der Waals surface area contributed by atoms with E-state index >= 15 is 0 Å². The quantitative estimate of drug-likeness (QED) is 0.643. The summed E-state index contributed by atoms with van der Waals surface area (Å²) in [6, 6.07) is 0. The molecule has 0 radical (unpaired) electrons. The molecule has 1 aliphatic carbocycles. The second kappa shape index (κ2) is 6.19. The molecule has 4 heteroatoms. The molecular weight excluding hydrogens is 182 g/mol. The summed E-state index contributed by atoms with van der Waals surface area (Å²) in [5.41, 5.74) is 5.48. The van der Waals surface area contributed by atoms with Crippen LogP contribution in [0.1, 0.15) is 28.5 Å². The molecule has 1 aliphatic rings. The molecule has 0 amide bonds. The Morgan fingerprint density at radius 2 is 1.92 bits per heavy atom. The van der Waals surface area contributed by atoms with Gasteiger partial charge in [0.05, 0.1) is 5.92 Å². The van der Waals surface area contributed by atoms with Crippen LogP contribution in [0.15, 0.2) is 0 Å². The molecule has 0 bridgehead atoms. The fourth-order valence-electron chi connectivity index (χ4n) is 1.65. The van der Waals surface area contributed by atoms with Gasteiger partial charge in [0.25, 0.3) is 0 Å².